The number of carbonyl (C=O) groups is 1. The zero-order valence-electron chi connectivity index (χ0n) is 17.2. The first-order chi connectivity index (χ1) is 14.1. The molecule has 1 fully saturated rings. The topological polar surface area (TPSA) is 60.2 Å². The number of Topliss-reactive ketones (excluding diaryl/α,β-unsaturated/α-hetero) is 1. The summed E-state index contributed by atoms with van der Waals surface area (Å²) in [6.07, 6.45) is 7.82. The molecule has 0 spiro atoms. The first-order valence-corrected chi connectivity index (χ1v) is 10.2. The van der Waals surface area contributed by atoms with Crippen molar-refractivity contribution in [3.05, 3.63) is 48.7 Å². The van der Waals surface area contributed by atoms with Crippen molar-refractivity contribution in [1.29, 1.82) is 0 Å². The molecule has 0 radical (unpaired) electrons. The highest BCUT2D eigenvalue weighted by atomic mass is 16.5. The van der Waals surface area contributed by atoms with Gasteiger partial charge in [-0.1, -0.05) is 12.1 Å². The van der Waals surface area contributed by atoms with Crippen LogP contribution in [0.15, 0.2) is 43.0 Å². The van der Waals surface area contributed by atoms with Gasteiger partial charge in [0.1, 0.15) is 5.78 Å². The standard InChI is InChI=1S/C23H28N4O2/c1-26-16-24-15-22(26)18-3-4-19-14-25-21(12-20(19)11-18)13-23(28)17-5-7-27(8-6-17)9-10-29-2/h3-4,11-12,14-17H,5-10,13H2,1-2H3. The average molecular weight is 393 g/mol. The second kappa shape index (κ2) is 8.84. The number of pyridine rings is 1. The lowest BCUT2D eigenvalue weighted by Gasteiger charge is -2.30. The molecule has 0 atom stereocenters. The maximum absolute atomic E-state index is 12.8. The molecule has 6 nitrogen and oxygen atoms in total. The van der Waals surface area contributed by atoms with Gasteiger partial charge >= 0.3 is 0 Å². The molecule has 2 aromatic heterocycles. The third-order valence-corrected chi connectivity index (χ3v) is 5.90. The molecule has 0 amide bonds. The van der Waals surface area contributed by atoms with Crippen LogP contribution >= 0.6 is 0 Å². The number of carbonyl (C=O) groups excluding carboxylic acids is 1. The lowest BCUT2D eigenvalue weighted by Crippen LogP contribution is -2.38. The van der Waals surface area contributed by atoms with E-state index >= 15 is 0 Å². The molecule has 6 heteroatoms. The number of ketones is 1. The summed E-state index contributed by atoms with van der Waals surface area (Å²) in [6, 6.07) is 8.37. The predicted octanol–water partition coefficient (Wildman–Crippen LogP) is 3.11. The van der Waals surface area contributed by atoms with Crippen LogP contribution in [0, 0.1) is 5.92 Å². The lowest BCUT2D eigenvalue weighted by atomic mass is 9.90. The van der Waals surface area contributed by atoms with Gasteiger partial charge in [0, 0.05) is 55.9 Å². The second-order valence-corrected chi connectivity index (χ2v) is 7.88. The van der Waals surface area contributed by atoms with Crippen LogP contribution in [0.3, 0.4) is 0 Å². The number of benzene rings is 1. The molecule has 29 heavy (non-hydrogen) atoms. The highest BCUT2D eigenvalue weighted by molar-refractivity contribution is 5.88. The molecule has 152 valence electrons. The number of nitrogens with zero attached hydrogens (tertiary/aromatic N) is 4. The maximum atomic E-state index is 12.8. The Bertz CT molecular complexity index is 989. The van der Waals surface area contributed by atoms with E-state index in [-0.39, 0.29) is 5.92 Å². The van der Waals surface area contributed by atoms with Gasteiger partial charge in [-0.25, -0.2) is 4.98 Å². The van der Waals surface area contributed by atoms with Crippen LogP contribution in [0.25, 0.3) is 22.0 Å². The first kappa shape index (κ1) is 19.7. The summed E-state index contributed by atoms with van der Waals surface area (Å²) < 4.78 is 7.16. The van der Waals surface area contributed by atoms with Gasteiger partial charge in [-0.15, -0.1) is 0 Å². The van der Waals surface area contributed by atoms with E-state index in [0.29, 0.717) is 12.2 Å². The zero-order valence-corrected chi connectivity index (χ0v) is 17.2. The smallest absolute Gasteiger partial charge is 0.142 e. The Morgan fingerprint density at radius 3 is 2.72 bits per heavy atom. The van der Waals surface area contributed by atoms with Crippen molar-refractivity contribution in [2.75, 3.05) is 33.4 Å². The van der Waals surface area contributed by atoms with E-state index in [9.17, 15) is 4.79 Å². The number of methoxy groups -OCH3 is 1. The fourth-order valence-electron chi connectivity index (χ4n) is 4.10. The van der Waals surface area contributed by atoms with Gasteiger partial charge in [0.25, 0.3) is 0 Å². The average Bonchev–Trinajstić information content (AvgIpc) is 3.18. The van der Waals surface area contributed by atoms with Crippen LogP contribution in [-0.2, 0) is 23.0 Å². The van der Waals surface area contributed by atoms with Crippen LogP contribution in [0.2, 0.25) is 0 Å². The third-order valence-electron chi connectivity index (χ3n) is 5.90. The minimum absolute atomic E-state index is 0.145. The summed E-state index contributed by atoms with van der Waals surface area (Å²) >= 11 is 0. The molecular weight excluding hydrogens is 364 g/mol. The highest BCUT2D eigenvalue weighted by Gasteiger charge is 2.25. The number of likely N-dealkylation sites (tertiary alicyclic amines) is 1. The zero-order chi connectivity index (χ0) is 20.2. The number of hydrogen-bond donors (Lipinski definition) is 0. The van der Waals surface area contributed by atoms with Crippen molar-refractivity contribution in [3.63, 3.8) is 0 Å². The van der Waals surface area contributed by atoms with Crippen molar-refractivity contribution in [3.8, 4) is 11.3 Å². The van der Waals surface area contributed by atoms with Crippen LogP contribution in [0.5, 0.6) is 0 Å². The number of aryl methyl sites for hydroxylation is 1. The third kappa shape index (κ3) is 4.54. The van der Waals surface area contributed by atoms with Gasteiger partial charge in [-0.2, -0.15) is 0 Å². The number of ether oxygens (including phenoxy) is 1. The van der Waals surface area contributed by atoms with E-state index < -0.39 is 0 Å². The predicted molar refractivity (Wildman–Crippen MR) is 114 cm³/mol. The second-order valence-electron chi connectivity index (χ2n) is 7.88. The van der Waals surface area contributed by atoms with Gasteiger partial charge in [0.2, 0.25) is 0 Å². The molecule has 1 aromatic carbocycles. The van der Waals surface area contributed by atoms with Crippen molar-refractivity contribution in [2.24, 2.45) is 13.0 Å². The van der Waals surface area contributed by atoms with E-state index in [0.717, 1.165) is 66.8 Å². The number of rotatable bonds is 7. The summed E-state index contributed by atoms with van der Waals surface area (Å²) in [5.41, 5.74) is 3.04. The van der Waals surface area contributed by atoms with Gasteiger partial charge in [0.05, 0.1) is 24.8 Å². The van der Waals surface area contributed by atoms with Crippen molar-refractivity contribution < 1.29 is 9.53 Å². The number of imidazole rings is 1. The molecule has 0 N–H and O–H groups in total. The Labute approximate surface area is 171 Å². The Morgan fingerprint density at radius 2 is 2.00 bits per heavy atom. The van der Waals surface area contributed by atoms with Crippen molar-refractivity contribution in [2.45, 2.75) is 19.3 Å². The van der Waals surface area contributed by atoms with Crippen LogP contribution in [0.1, 0.15) is 18.5 Å². The van der Waals surface area contributed by atoms with Crippen LogP contribution < -0.4 is 0 Å². The minimum Gasteiger partial charge on any atom is -0.383 e. The normalized spacial score (nSPS) is 15.8. The summed E-state index contributed by atoms with van der Waals surface area (Å²) in [5, 5.41) is 2.19. The summed E-state index contributed by atoms with van der Waals surface area (Å²) in [7, 11) is 3.72. The van der Waals surface area contributed by atoms with E-state index in [1.54, 1.807) is 13.4 Å². The number of piperidine rings is 1. The van der Waals surface area contributed by atoms with Crippen LogP contribution in [-0.4, -0.2) is 58.6 Å². The quantitative estimate of drug-likeness (QED) is 0.618. The fourth-order valence-corrected chi connectivity index (χ4v) is 4.10. The Balaban J connectivity index is 1.44. The highest BCUT2D eigenvalue weighted by Crippen LogP contribution is 2.25. The van der Waals surface area contributed by atoms with E-state index in [2.05, 4.69) is 39.1 Å². The molecule has 0 unspecified atom stereocenters. The van der Waals surface area contributed by atoms with E-state index in [1.165, 1.54) is 0 Å². The van der Waals surface area contributed by atoms with Crippen LogP contribution in [0.4, 0.5) is 0 Å². The largest absolute Gasteiger partial charge is 0.383 e. The Morgan fingerprint density at radius 1 is 1.17 bits per heavy atom. The number of aromatic nitrogens is 3. The molecule has 3 heterocycles. The minimum atomic E-state index is 0.145. The summed E-state index contributed by atoms with van der Waals surface area (Å²) in [5.74, 6) is 0.457. The van der Waals surface area contributed by atoms with Gasteiger partial charge in [0.15, 0.2) is 0 Å². The Hall–Kier alpha value is -2.57. The van der Waals surface area contributed by atoms with E-state index in [1.807, 2.05) is 24.0 Å². The molecule has 0 saturated carbocycles. The molecular formula is C23H28N4O2. The van der Waals surface area contributed by atoms with Gasteiger partial charge < -0.3 is 14.2 Å². The summed E-state index contributed by atoms with van der Waals surface area (Å²) in [6.45, 7) is 3.64. The SMILES string of the molecule is COCCN1CCC(C(=O)Cc2cc3cc(-c4cncn4C)ccc3cn2)CC1. The monoisotopic (exact) mass is 392 g/mol. The molecule has 0 bridgehead atoms. The molecule has 1 aliphatic rings. The molecule has 4 rings (SSSR count). The van der Waals surface area contributed by atoms with Crippen molar-refractivity contribution in [1.82, 2.24) is 19.4 Å². The fraction of sp³-hybridized carbons (Fsp3) is 0.435. The molecule has 3 aromatic rings. The molecule has 1 saturated heterocycles. The first-order valence-electron chi connectivity index (χ1n) is 10.2. The molecule has 0 aliphatic carbocycles. The number of hydrogen-bond acceptors (Lipinski definition) is 5. The van der Waals surface area contributed by atoms with Gasteiger partial charge in [-0.05, 0) is 43.5 Å². The maximum Gasteiger partial charge on any atom is 0.142 e. The Kier molecular flexibility index (Phi) is 6.02. The van der Waals surface area contributed by atoms with Crippen molar-refractivity contribution >= 4 is 16.6 Å². The van der Waals surface area contributed by atoms with E-state index in [4.69, 9.17) is 4.74 Å². The molecule has 1 aliphatic heterocycles. The van der Waals surface area contributed by atoms with Gasteiger partial charge in [-0.3, -0.25) is 9.78 Å². The summed E-state index contributed by atoms with van der Waals surface area (Å²) in [4.78, 5) is 24.0. The lowest BCUT2D eigenvalue weighted by molar-refractivity contribution is -0.123. The number of fused-ring (bicyclic) bond motifs is 1.